The number of hydrogen-bond acceptors (Lipinski definition) is 7. The first-order valence-electron chi connectivity index (χ1n) is 7.10. The second-order valence-electron chi connectivity index (χ2n) is 5.65. The van der Waals surface area contributed by atoms with E-state index in [1.807, 2.05) is 0 Å². The number of hydrogen-bond donors (Lipinski definition) is 4. The fourth-order valence-electron chi connectivity index (χ4n) is 2.90. The lowest BCUT2D eigenvalue weighted by Crippen LogP contribution is -2.27. The summed E-state index contributed by atoms with van der Waals surface area (Å²) in [6, 6.07) is -0.985. The number of aliphatic hydroxyl groups is 2. The van der Waals surface area contributed by atoms with Crippen molar-refractivity contribution in [3.63, 3.8) is 0 Å². The van der Waals surface area contributed by atoms with Crippen molar-refractivity contribution in [2.45, 2.75) is 31.1 Å². The molecule has 3 rings (SSSR count). The number of imidazole rings is 1. The summed E-state index contributed by atoms with van der Waals surface area (Å²) in [4.78, 5) is 34.5. The minimum atomic E-state index is -1.20. The molecule has 1 aliphatic rings. The quantitative estimate of drug-likeness (QED) is 0.513. The van der Waals surface area contributed by atoms with Crippen LogP contribution in [0.3, 0.4) is 0 Å². The molecule has 1 unspecified atom stereocenters. The van der Waals surface area contributed by atoms with E-state index in [0.29, 0.717) is 0 Å². The number of nitrogens with zero attached hydrogens (tertiary/aromatic N) is 3. The van der Waals surface area contributed by atoms with Crippen LogP contribution in [0.5, 0.6) is 0 Å². The number of Topliss-reactive ketones (excluding diaryl/α,β-unsaturated/α-hetero) is 1. The molecular formula is C13H16FN5O4. The number of ketones is 1. The summed E-state index contributed by atoms with van der Waals surface area (Å²) >= 11 is 0. The van der Waals surface area contributed by atoms with Gasteiger partial charge in [-0.25, -0.2) is 4.98 Å². The largest absolute Gasteiger partial charge is 0.390 e. The predicted molar refractivity (Wildman–Crippen MR) is 77.3 cm³/mol. The molecule has 1 aliphatic carbocycles. The number of aromatic nitrogens is 4. The Morgan fingerprint density at radius 2 is 2.04 bits per heavy atom. The number of fused-ring (bicyclic) bond motifs is 1. The number of H-pyrrole nitrogens is 1. The first-order chi connectivity index (χ1) is 10.9. The molecule has 23 heavy (non-hydrogen) atoms. The Hall–Kier alpha value is -2.33. The third kappa shape index (κ3) is 2.59. The molecular weight excluding hydrogens is 309 g/mol. The van der Waals surface area contributed by atoms with Crippen molar-refractivity contribution < 1.29 is 19.4 Å². The average Bonchev–Trinajstić information content (AvgIpc) is 2.88. The number of halogens is 1. The summed E-state index contributed by atoms with van der Waals surface area (Å²) in [7, 11) is 0. The van der Waals surface area contributed by atoms with Gasteiger partial charge in [-0.15, -0.1) is 0 Å². The smallest absolute Gasteiger partial charge is 0.280 e. The maximum absolute atomic E-state index is 13.1. The van der Waals surface area contributed by atoms with Crippen LogP contribution < -0.4 is 11.3 Å². The molecule has 10 heteroatoms. The van der Waals surface area contributed by atoms with Crippen molar-refractivity contribution in [2.24, 2.45) is 5.92 Å². The van der Waals surface area contributed by atoms with E-state index < -0.39 is 42.2 Å². The van der Waals surface area contributed by atoms with Crippen molar-refractivity contribution in [1.29, 1.82) is 0 Å². The van der Waals surface area contributed by atoms with Crippen LogP contribution in [-0.4, -0.2) is 54.4 Å². The lowest BCUT2D eigenvalue weighted by atomic mass is 9.97. The fourth-order valence-corrected chi connectivity index (χ4v) is 2.90. The molecule has 0 bridgehead atoms. The predicted octanol–water partition coefficient (Wildman–Crippen LogP) is -1.09. The number of carbonyl (C=O) groups excluding carboxylic acids is 1. The summed E-state index contributed by atoms with van der Waals surface area (Å²) in [5.74, 6) is -1.67. The van der Waals surface area contributed by atoms with Gasteiger partial charge in [-0.2, -0.15) is 4.98 Å². The summed E-state index contributed by atoms with van der Waals surface area (Å²) in [6.45, 7) is -0.943. The molecule has 0 saturated heterocycles. The van der Waals surface area contributed by atoms with Crippen LogP contribution in [-0.2, 0) is 4.79 Å². The number of anilines is 1. The van der Waals surface area contributed by atoms with Crippen LogP contribution in [0.1, 0.15) is 18.9 Å². The number of aromatic amines is 1. The van der Waals surface area contributed by atoms with Crippen molar-refractivity contribution in [3.05, 3.63) is 16.7 Å². The monoisotopic (exact) mass is 325 g/mol. The summed E-state index contributed by atoms with van der Waals surface area (Å²) < 4.78 is 14.4. The van der Waals surface area contributed by atoms with Crippen molar-refractivity contribution in [2.75, 3.05) is 12.4 Å². The van der Waals surface area contributed by atoms with Gasteiger partial charge in [0.2, 0.25) is 5.95 Å². The molecule has 1 saturated carbocycles. The van der Waals surface area contributed by atoms with Gasteiger partial charge in [0.25, 0.3) is 5.56 Å². The Labute approximate surface area is 129 Å². The summed E-state index contributed by atoms with van der Waals surface area (Å²) in [5, 5.41) is 19.8. The third-order valence-electron chi connectivity index (χ3n) is 4.14. The Bertz CT molecular complexity index is 803. The number of nitrogen functional groups attached to an aromatic ring is 1. The third-order valence-corrected chi connectivity index (χ3v) is 4.14. The van der Waals surface area contributed by atoms with E-state index in [1.165, 1.54) is 10.9 Å². The zero-order chi connectivity index (χ0) is 16.7. The normalized spacial score (nSPS) is 28.9. The zero-order valence-corrected chi connectivity index (χ0v) is 12.0. The molecule has 5 N–H and O–H groups in total. The maximum Gasteiger partial charge on any atom is 0.280 e. The Balaban J connectivity index is 2.12. The molecule has 2 aromatic rings. The molecule has 2 aromatic heterocycles. The van der Waals surface area contributed by atoms with Crippen LogP contribution >= 0.6 is 0 Å². The van der Waals surface area contributed by atoms with Crippen molar-refractivity contribution in [3.8, 4) is 0 Å². The van der Waals surface area contributed by atoms with Gasteiger partial charge in [0.15, 0.2) is 16.9 Å². The lowest BCUT2D eigenvalue weighted by Gasteiger charge is -2.19. The molecule has 1 fully saturated rings. The van der Waals surface area contributed by atoms with E-state index >= 15 is 0 Å². The number of nitrogens with one attached hydrogen (secondary N) is 1. The van der Waals surface area contributed by atoms with E-state index in [4.69, 9.17) is 5.73 Å². The van der Waals surface area contributed by atoms with E-state index in [1.54, 1.807) is 0 Å². The van der Waals surface area contributed by atoms with E-state index in [2.05, 4.69) is 15.0 Å². The highest BCUT2D eigenvalue weighted by molar-refractivity contribution is 5.87. The highest BCUT2D eigenvalue weighted by atomic mass is 19.1. The Morgan fingerprint density at radius 3 is 2.74 bits per heavy atom. The van der Waals surface area contributed by atoms with Gasteiger partial charge in [-0.05, 0) is 6.42 Å². The van der Waals surface area contributed by atoms with E-state index in [0.717, 1.165) is 0 Å². The van der Waals surface area contributed by atoms with Crippen molar-refractivity contribution >= 4 is 22.9 Å². The molecule has 124 valence electrons. The highest BCUT2D eigenvalue weighted by Gasteiger charge is 2.38. The van der Waals surface area contributed by atoms with Crippen LogP contribution in [0, 0.1) is 5.92 Å². The van der Waals surface area contributed by atoms with Gasteiger partial charge < -0.3 is 20.5 Å². The van der Waals surface area contributed by atoms with Gasteiger partial charge in [0.1, 0.15) is 0 Å². The second-order valence-corrected chi connectivity index (χ2v) is 5.65. The summed E-state index contributed by atoms with van der Waals surface area (Å²) in [5.41, 5.74) is 5.01. The topological polar surface area (TPSA) is 147 Å². The van der Waals surface area contributed by atoms with Crippen LogP contribution in [0.4, 0.5) is 10.3 Å². The maximum atomic E-state index is 13.1. The van der Waals surface area contributed by atoms with E-state index in [-0.39, 0.29) is 30.0 Å². The molecule has 0 radical (unpaired) electrons. The molecule has 9 nitrogen and oxygen atoms in total. The van der Waals surface area contributed by atoms with Gasteiger partial charge in [-0.3, -0.25) is 19.0 Å². The van der Waals surface area contributed by atoms with Crippen LogP contribution in [0.15, 0.2) is 11.1 Å². The highest BCUT2D eigenvalue weighted by Crippen LogP contribution is 2.30. The fraction of sp³-hybridized carbons (Fsp3) is 0.538. The number of rotatable bonds is 2. The van der Waals surface area contributed by atoms with Crippen LogP contribution in [0.25, 0.3) is 11.2 Å². The second kappa shape index (κ2) is 5.70. The lowest BCUT2D eigenvalue weighted by molar-refractivity contribution is -0.126. The molecule has 4 atom stereocenters. The van der Waals surface area contributed by atoms with Gasteiger partial charge >= 0.3 is 0 Å². The zero-order valence-electron chi connectivity index (χ0n) is 12.0. The number of carbonyl (C=O) groups is 1. The first-order valence-corrected chi connectivity index (χ1v) is 7.10. The molecule has 0 aromatic carbocycles. The molecule has 0 amide bonds. The minimum Gasteiger partial charge on any atom is -0.390 e. The first kappa shape index (κ1) is 15.6. The Morgan fingerprint density at radius 1 is 1.35 bits per heavy atom. The number of aliphatic hydroxyl groups excluding tert-OH is 2. The SMILES string of the molecule is Nc1nc2c(ncn2[C@H]2C[C@H](O)[C@@H](O)CC(CF)C2=O)c(=O)[nH]1. The van der Waals surface area contributed by atoms with E-state index in [9.17, 15) is 24.2 Å². The minimum absolute atomic E-state index is 0.0110. The van der Waals surface area contributed by atoms with Gasteiger partial charge in [0, 0.05) is 6.42 Å². The van der Waals surface area contributed by atoms with Crippen molar-refractivity contribution in [1.82, 2.24) is 19.5 Å². The van der Waals surface area contributed by atoms with Gasteiger partial charge in [-0.1, -0.05) is 0 Å². The van der Waals surface area contributed by atoms with Gasteiger partial charge in [0.05, 0.1) is 37.2 Å². The average molecular weight is 325 g/mol. The molecule has 0 aliphatic heterocycles. The number of alkyl halides is 1. The summed E-state index contributed by atoms with van der Waals surface area (Å²) in [6.07, 6.45) is -1.45. The Kier molecular flexibility index (Phi) is 3.86. The molecule has 0 spiro atoms. The molecule has 2 heterocycles. The number of nitrogens with two attached hydrogens (primary N) is 1. The van der Waals surface area contributed by atoms with Crippen LogP contribution in [0.2, 0.25) is 0 Å². The standard InChI is InChI=1S/C13H16FN5O4/c14-3-5-1-7(20)8(21)2-6(10(5)22)19-4-16-9-11(19)17-13(15)18-12(9)23/h4-8,20-21H,1-3H2,(H3,15,17,18,23)/t5?,6-,7-,8-/m0/s1.